The SMILES string of the molecule is C=CC(=O)N1CCC(Nc2nc(Nc3ccc(N4CCN(C)CC4)cc3)nc3[nH]ccc23)C1. The van der Waals surface area contributed by atoms with Gasteiger partial charge in [0.05, 0.1) is 5.39 Å². The summed E-state index contributed by atoms with van der Waals surface area (Å²) >= 11 is 0. The van der Waals surface area contributed by atoms with Crippen molar-refractivity contribution in [3.8, 4) is 0 Å². The fourth-order valence-corrected chi connectivity index (χ4v) is 4.46. The number of nitrogens with zero attached hydrogens (tertiary/aromatic N) is 5. The second kappa shape index (κ2) is 9.11. The van der Waals surface area contributed by atoms with Gasteiger partial charge in [-0.2, -0.15) is 9.97 Å². The van der Waals surface area contributed by atoms with E-state index in [1.807, 2.05) is 12.3 Å². The van der Waals surface area contributed by atoms with Crippen molar-refractivity contribution in [1.29, 1.82) is 0 Å². The number of fused-ring (bicyclic) bond motifs is 1. The van der Waals surface area contributed by atoms with Crippen molar-refractivity contribution in [2.45, 2.75) is 12.5 Å². The molecule has 1 aromatic carbocycles. The highest BCUT2D eigenvalue weighted by Crippen LogP contribution is 2.26. The molecule has 2 aliphatic rings. The average Bonchev–Trinajstić information content (AvgIpc) is 3.49. The fourth-order valence-electron chi connectivity index (χ4n) is 4.46. The number of amides is 1. The van der Waals surface area contributed by atoms with Gasteiger partial charge in [-0.05, 0) is 49.9 Å². The van der Waals surface area contributed by atoms with Crippen molar-refractivity contribution < 1.29 is 4.79 Å². The van der Waals surface area contributed by atoms with Crippen LogP contribution in [-0.2, 0) is 4.79 Å². The van der Waals surface area contributed by atoms with Crippen molar-refractivity contribution >= 4 is 40.1 Å². The number of likely N-dealkylation sites (tertiary alicyclic amines) is 1. The minimum atomic E-state index is -0.0313. The average molecular weight is 447 g/mol. The maximum Gasteiger partial charge on any atom is 0.246 e. The van der Waals surface area contributed by atoms with Gasteiger partial charge in [0.25, 0.3) is 0 Å². The number of likely N-dealkylation sites (N-methyl/N-ethyl adjacent to an activating group) is 1. The first kappa shape index (κ1) is 21.3. The molecular weight excluding hydrogens is 416 g/mol. The van der Waals surface area contributed by atoms with Gasteiger partial charge in [-0.3, -0.25) is 4.79 Å². The smallest absolute Gasteiger partial charge is 0.246 e. The third-order valence-corrected chi connectivity index (χ3v) is 6.42. The van der Waals surface area contributed by atoms with Crippen LogP contribution in [0.15, 0.2) is 49.2 Å². The van der Waals surface area contributed by atoms with E-state index in [4.69, 9.17) is 4.98 Å². The third kappa shape index (κ3) is 4.63. The Kier molecular flexibility index (Phi) is 5.87. The molecule has 33 heavy (non-hydrogen) atoms. The summed E-state index contributed by atoms with van der Waals surface area (Å²) in [5, 5.41) is 7.78. The van der Waals surface area contributed by atoms with Crippen molar-refractivity contribution in [2.24, 2.45) is 0 Å². The molecule has 0 radical (unpaired) electrons. The van der Waals surface area contributed by atoms with Gasteiger partial charge in [-0.15, -0.1) is 0 Å². The molecule has 3 N–H and O–H groups in total. The summed E-state index contributed by atoms with van der Waals surface area (Å²) in [5.41, 5.74) is 2.94. The summed E-state index contributed by atoms with van der Waals surface area (Å²) in [4.78, 5) is 31.1. The molecule has 5 rings (SSSR count). The van der Waals surface area contributed by atoms with Gasteiger partial charge >= 0.3 is 0 Å². The highest BCUT2D eigenvalue weighted by atomic mass is 16.2. The van der Waals surface area contributed by atoms with E-state index >= 15 is 0 Å². The van der Waals surface area contributed by atoms with Crippen LogP contribution in [0, 0.1) is 0 Å². The zero-order chi connectivity index (χ0) is 22.8. The van der Waals surface area contributed by atoms with Gasteiger partial charge in [0.15, 0.2) is 0 Å². The van der Waals surface area contributed by atoms with E-state index in [1.54, 1.807) is 4.90 Å². The number of anilines is 4. The maximum atomic E-state index is 11.9. The van der Waals surface area contributed by atoms with Gasteiger partial charge < -0.3 is 30.3 Å². The van der Waals surface area contributed by atoms with Crippen LogP contribution in [0.3, 0.4) is 0 Å². The number of aromatic nitrogens is 3. The number of rotatable bonds is 6. The third-order valence-electron chi connectivity index (χ3n) is 6.42. The van der Waals surface area contributed by atoms with Gasteiger partial charge in [0.1, 0.15) is 11.5 Å². The van der Waals surface area contributed by atoms with Gasteiger partial charge in [-0.25, -0.2) is 0 Å². The Balaban J connectivity index is 1.30. The molecule has 0 spiro atoms. The molecule has 9 nitrogen and oxygen atoms in total. The molecule has 0 aliphatic carbocycles. The number of nitrogens with one attached hydrogen (secondary N) is 3. The molecule has 2 aromatic heterocycles. The number of benzene rings is 1. The molecule has 2 saturated heterocycles. The molecule has 172 valence electrons. The van der Waals surface area contributed by atoms with Crippen molar-refractivity contribution in [1.82, 2.24) is 24.8 Å². The molecule has 2 fully saturated rings. The summed E-state index contributed by atoms with van der Waals surface area (Å²) in [6.07, 6.45) is 4.10. The van der Waals surface area contributed by atoms with Crippen LogP contribution in [0.2, 0.25) is 0 Å². The predicted octanol–water partition coefficient (Wildman–Crippen LogP) is 2.65. The van der Waals surface area contributed by atoms with Crippen LogP contribution in [0.25, 0.3) is 11.0 Å². The van der Waals surface area contributed by atoms with Crippen LogP contribution in [0.1, 0.15) is 6.42 Å². The Bertz CT molecular complexity index is 1130. The molecule has 3 aromatic rings. The number of piperazine rings is 1. The van der Waals surface area contributed by atoms with E-state index in [-0.39, 0.29) is 11.9 Å². The van der Waals surface area contributed by atoms with E-state index in [2.05, 4.69) is 68.3 Å². The highest BCUT2D eigenvalue weighted by Gasteiger charge is 2.26. The Morgan fingerprint density at radius 1 is 1.12 bits per heavy atom. The van der Waals surface area contributed by atoms with E-state index in [9.17, 15) is 4.79 Å². The highest BCUT2D eigenvalue weighted by molar-refractivity contribution is 5.89. The summed E-state index contributed by atoms with van der Waals surface area (Å²) in [7, 11) is 2.16. The van der Waals surface area contributed by atoms with Crippen molar-refractivity contribution in [3.05, 3.63) is 49.2 Å². The lowest BCUT2D eigenvalue weighted by Gasteiger charge is -2.34. The monoisotopic (exact) mass is 446 g/mol. The Morgan fingerprint density at radius 3 is 2.67 bits per heavy atom. The van der Waals surface area contributed by atoms with Crippen LogP contribution >= 0.6 is 0 Å². The van der Waals surface area contributed by atoms with Crippen molar-refractivity contribution in [2.75, 3.05) is 61.8 Å². The summed E-state index contributed by atoms with van der Waals surface area (Å²) in [6.45, 7) is 9.19. The molecule has 1 atom stereocenters. The first-order valence-corrected chi connectivity index (χ1v) is 11.4. The molecule has 9 heteroatoms. The maximum absolute atomic E-state index is 11.9. The number of carbonyl (C=O) groups excluding carboxylic acids is 1. The first-order chi connectivity index (χ1) is 16.1. The van der Waals surface area contributed by atoms with Gasteiger partial charge in [0, 0.05) is 62.9 Å². The number of hydrogen-bond acceptors (Lipinski definition) is 7. The Labute approximate surface area is 193 Å². The van der Waals surface area contributed by atoms with Crippen LogP contribution < -0.4 is 15.5 Å². The number of carbonyl (C=O) groups is 1. The fraction of sp³-hybridized carbons (Fsp3) is 0.375. The standard InChI is InChI=1S/C24H30N8O/c1-3-21(33)32-11-9-18(16-32)26-23-20-8-10-25-22(20)28-24(29-23)27-17-4-6-19(7-5-17)31-14-12-30(2)13-15-31/h3-8,10,18H,1,9,11-16H2,2H3,(H3,25,26,27,28,29). The molecule has 4 heterocycles. The number of hydrogen-bond donors (Lipinski definition) is 3. The Morgan fingerprint density at radius 2 is 1.91 bits per heavy atom. The lowest BCUT2D eigenvalue weighted by molar-refractivity contribution is -0.125. The molecule has 1 amide bonds. The normalized spacial score (nSPS) is 19.1. The lowest BCUT2D eigenvalue weighted by atomic mass is 10.2. The Hall–Kier alpha value is -3.59. The van der Waals surface area contributed by atoms with E-state index in [0.717, 1.165) is 55.1 Å². The minimum absolute atomic E-state index is 0.0313. The minimum Gasteiger partial charge on any atom is -0.369 e. The largest absolute Gasteiger partial charge is 0.369 e. The molecule has 1 unspecified atom stereocenters. The topological polar surface area (TPSA) is 92.4 Å². The zero-order valence-electron chi connectivity index (χ0n) is 18.9. The second-order valence-corrected chi connectivity index (χ2v) is 8.72. The zero-order valence-corrected chi connectivity index (χ0v) is 18.9. The van der Waals surface area contributed by atoms with Gasteiger partial charge in [0.2, 0.25) is 11.9 Å². The molecule has 0 saturated carbocycles. The number of H-pyrrole nitrogens is 1. The molecular formula is C24H30N8O. The van der Waals surface area contributed by atoms with Crippen LogP contribution in [0.4, 0.5) is 23.1 Å². The summed E-state index contributed by atoms with van der Waals surface area (Å²) in [6, 6.07) is 10.5. The van der Waals surface area contributed by atoms with E-state index < -0.39 is 0 Å². The number of aromatic amines is 1. The van der Waals surface area contributed by atoms with E-state index in [1.165, 1.54) is 11.8 Å². The van der Waals surface area contributed by atoms with Crippen molar-refractivity contribution in [3.63, 3.8) is 0 Å². The first-order valence-electron chi connectivity index (χ1n) is 11.4. The quantitative estimate of drug-likeness (QED) is 0.501. The van der Waals surface area contributed by atoms with Gasteiger partial charge in [-0.1, -0.05) is 6.58 Å². The summed E-state index contributed by atoms with van der Waals surface area (Å²) < 4.78 is 0. The lowest BCUT2D eigenvalue weighted by Crippen LogP contribution is -2.44. The van der Waals surface area contributed by atoms with E-state index in [0.29, 0.717) is 19.0 Å². The van der Waals surface area contributed by atoms with Crippen LogP contribution in [0.5, 0.6) is 0 Å². The predicted molar refractivity (Wildman–Crippen MR) is 132 cm³/mol. The molecule has 0 bridgehead atoms. The van der Waals surface area contributed by atoms with Crippen LogP contribution in [-0.4, -0.2) is 83.0 Å². The second-order valence-electron chi connectivity index (χ2n) is 8.72. The summed E-state index contributed by atoms with van der Waals surface area (Å²) in [5.74, 6) is 1.25. The molecule has 2 aliphatic heterocycles.